The summed E-state index contributed by atoms with van der Waals surface area (Å²) in [5.41, 5.74) is -0.198. The van der Waals surface area contributed by atoms with Crippen molar-refractivity contribution >= 4 is 18.5 Å². The maximum atomic E-state index is 12.0. The zero-order chi connectivity index (χ0) is 14.8. The Hall–Kier alpha value is -1.50. The molecule has 1 amide bonds. The first-order valence-electron chi connectivity index (χ1n) is 6.85. The molecule has 0 aromatic heterocycles. The molecule has 106 valence electrons. The minimum Gasteiger partial charge on any atom is -0.319 e. The van der Waals surface area contributed by atoms with Crippen molar-refractivity contribution < 1.29 is 4.79 Å². The molecular weight excluding hydrogens is 272 g/mol. The first-order valence-corrected chi connectivity index (χ1v) is 7.30. The number of carbonyl (C=O) groups is 1. The van der Waals surface area contributed by atoms with E-state index in [1.807, 2.05) is 0 Å². The van der Waals surface area contributed by atoms with E-state index in [0.29, 0.717) is 23.4 Å². The molecule has 20 heavy (non-hydrogen) atoms. The number of thiol groups is 1. The largest absolute Gasteiger partial charge is 0.319 e. The van der Waals surface area contributed by atoms with E-state index in [0.717, 1.165) is 26.1 Å². The number of nitriles is 2. The smallest absolute Gasteiger partial charge is 0.243 e. The third kappa shape index (κ3) is 2.30. The van der Waals surface area contributed by atoms with Gasteiger partial charge in [-0.1, -0.05) is 6.92 Å². The highest BCUT2D eigenvalue weighted by Gasteiger charge is 2.51. The van der Waals surface area contributed by atoms with Crippen LogP contribution in [0.2, 0.25) is 0 Å². The number of nitrogens with one attached hydrogen (secondary N) is 1. The van der Waals surface area contributed by atoms with Crippen molar-refractivity contribution in [3.8, 4) is 12.1 Å². The van der Waals surface area contributed by atoms with Crippen LogP contribution in [0.15, 0.2) is 10.6 Å². The fourth-order valence-corrected chi connectivity index (χ4v) is 3.64. The number of hydrogen-bond donors (Lipinski definition) is 2. The van der Waals surface area contributed by atoms with E-state index in [1.165, 1.54) is 0 Å². The normalized spacial score (nSPS) is 26.0. The molecule has 0 radical (unpaired) electrons. The van der Waals surface area contributed by atoms with Crippen LogP contribution in [0.4, 0.5) is 0 Å². The summed E-state index contributed by atoms with van der Waals surface area (Å²) in [5.74, 6) is -1.13. The fourth-order valence-electron chi connectivity index (χ4n) is 3.26. The highest BCUT2D eigenvalue weighted by atomic mass is 32.1. The van der Waals surface area contributed by atoms with Gasteiger partial charge in [-0.3, -0.25) is 4.79 Å². The molecule has 0 aromatic carbocycles. The maximum absolute atomic E-state index is 12.0. The molecule has 6 heteroatoms. The van der Waals surface area contributed by atoms with Gasteiger partial charge in [-0.15, -0.1) is 12.6 Å². The van der Waals surface area contributed by atoms with Gasteiger partial charge < -0.3 is 10.2 Å². The maximum Gasteiger partial charge on any atom is 0.243 e. The molecule has 0 aromatic rings. The number of carbonyl (C=O) groups excluding carboxylic acids is 1. The van der Waals surface area contributed by atoms with Gasteiger partial charge in [0.25, 0.3) is 0 Å². The summed E-state index contributed by atoms with van der Waals surface area (Å²) in [6.07, 6.45) is 2.39. The number of piperidine rings is 1. The third-order valence-corrected chi connectivity index (χ3v) is 4.66. The number of hydrogen-bond acceptors (Lipinski definition) is 5. The number of likely N-dealkylation sites (tertiary alicyclic amines) is 1. The van der Waals surface area contributed by atoms with Gasteiger partial charge in [0, 0.05) is 5.41 Å². The highest BCUT2D eigenvalue weighted by Crippen LogP contribution is 2.48. The molecule has 1 spiro atoms. The van der Waals surface area contributed by atoms with Crippen LogP contribution in [-0.2, 0) is 4.79 Å². The number of rotatable bonds is 2. The lowest BCUT2D eigenvalue weighted by molar-refractivity contribution is -0.127. The van der Waals surface area contributed by atoms with Crippen molar-refractivity contribution in [1.29, 1.82) is 10.5 Å². The second kappa shape index (κ2) is 5.87. The molecule has 1 atom stereocenters. The minimum atomic E-state index is -0.795. The Kier molecular flexibility index (Phi) is 4.37. The molecule has 1 N–H and O–H groups in total. The van der Waals surface area contributed by atoms with Crippen LogP contribution in [0.3, 0.4) is 0 Å². The summed E-state index contributed by atoms with van der Waals surface area (Å²) in [4.78, 5) is 14.4. The quantitative estimate of drug-likeness (QED) is 0.754. The Morgan fingerprint density at radius 3 is 2.60 bits per heavy atom. The minimum absolute atomic E-state index is 0.313. The molecule has 0 bridgehead atoms. The Bertz CT molecular complexity index is 520. The van der Waals surface area contributed by atoms with Crippen LogP contribution in [0.5, 0.6) is 0 Å². The van der Waals surface area contributed by atoms with Gasteiger partial charge in [0.15, 0.2) is 0 Å². The zero-order valence-corrected chi connectivity index (χ0v) is 12.4. The molecule has 5 nitrogen and oxygen atoms in total. The summed E-state index contributed by atoms with van der Waals surface area (Å²) in [5, 5.41) is 21.6. The monoisotopic (exact) mass is 290 g/mol. The third-order valence-electron chi connectivity index (χ3n) is 4.32. The summed E-state index contributed by atoms with van der Waals surface area (Å²) < 4.78 is 0. The molecule has 0 aliphatic carbocycles. The molecule has 1 fully saturated rings. The van der Waals surface area contributed by atoms with Crippen LogP contribution in [0.25, 0.3) is 0 Å². The van der Waals surface area contributed by atoms with Crippen LogP contribution < -0.4 is 5.32 Å². The number of allylic oxidation sites excluding steroid dienone is 1. The van der Waals surface area contributed by atoms with Crippen molar-refractivity contribution in [3.05, 3.63) is 10.6 Å². The Morgan fingerprint density at radius 2 is 2.10 bits per heavy atom. The van der Waals surface area contributed by atoms with Gasteiger partial charge in [0.2, 0.25) is 5.91 Å². The van der Waals surface area contributed by atoms with Crippen molar-refractivity contribution in [2.24, 2.45) is 11.3 Å². The average Bonchev–Trinajstić information content (AvgIpc) is 2.42. The Balaban J connectivity index is 2.35. The fraction of sp³-hybridized carbons (Fsp3) is 0.643. The summed E-state index contributed by atoms with van der Waals surface area (Å²) in [6.45, 7) is 4.76. The zero-order valence-electron chi connectivity index (χ0n) is 11.5. The molecule has 0 saturated carbocycles. The average molecular weight is 290 g/mol. The summed E-state index contributed by atoms with van der Waals surface area (Å²) in [7, 11) is 0. The van der Waals surface area contributed by atoms with E-state index in [9.17, 15) is 15.3 Å². The molecule has 2 aliphatic heterocycles. The van der Waals surface area contributed by atoms with Crippen LogP contribution in [-0.4, -0.2) is 30.4 Å². The van der Waals surface area contributed by atoms with Gasteiger partial charge in [-0.05, 0) is 38.9 Å². The summed E-state index contributed by atoms with van der Waals surface area (Å²) >= 11 is 4.23. The van der Waals surface area contributed by atoms with Crippen molar-refractivity contribution in [1.82, 2.24) is 10.2 Å². The van der Waals surface area contributed by atoms with Crippen molar-refractivity contribution in [2.45, 2.75) is 26.2 Å². The molecular formula is C14H18N4OS. The number of nitrogens with zero attached hydrogens (tertiary/aromatic N) is 3. The molecule has 1 saturated heterocycles. The van der Waals surface area contributed by atoms with Gasteiger partial charge in [0.05, 0.1) is 22.7 Å². The van der Waals surface area contributed by atoms with Crippen LogP contribution >= 0.6 is 12.6 Å². The van der Waals surface area contributed by atoms with Gasteiger partial charge >= 0.3 is 0 Å². The van der Waals surface area contributed by atoms with Gasteiger partial charge in [0.1, 0.15) is 5.92 Å². The van der Waals surface area contributed by atoms with E-state index in [1.54, 1.807) is 0 Å². The van der Waals surface area contributed by atoms with Crippen LogP contribution in [0.1, 0.15) is 26.2 Å². The Labute approximate surface area is 124 Å². The standard InChI is InChI=1S/C14H18N4OS/c1-2-5-18-6-3-14(4-7-18)10(8-15)12(19)17-13(20)11(14)9-16/h10,20H,2-7H2,1H3,(H,17,19)/t10-/m1/s1. The van der Waals surface area contributed by atoms with E-state index in [-0.39, 0.29) is 5.91 Å². The van der Waals surface area contributed by atoms with Gasteiger partial charge in [-0.2, -0.15) is 10.5 Å². The van der Waals surface area contributed by atoms with E-state index >= 15 is 0 Å². The molecule has 2 aliphatic rings. The van der Waals surface area contributed by atoms with Crippen molar-refractivity contribution in [2.75, 3.05) is 19.6 Å². The predicted octanol–water partition coefficient (Wildman–Crippen LogP) is 1.41. The van der Waals surface area contributed by atoms with Crippen molar-refractivity contribution in [3.63, 3.8) is 0 Å². The second-order valence-electron chi connectivity index (χ2n) is 5.38. The lowest BCUT2D eigenvalue weighted by Gasteiger charge is -2.45. The molecule has 2 heterocycles. The topological polar surface area (TPSA) is 79.9 Å². The van der Waals surface area contributed by atoms with Crippen LogP contribution in [0, 0.1) is 34.0 Å². The van der Waals surface area contributed by atoms with E-state index < -0.39 is 11.3 Å². The summed E-state index contributed by atoms with van der Waals surface area (Å²) in [6, 6.07) is 4.26. The van der Waals surface area contributed by atoms with Gasteiger partial charge in [-0.25, -0.2) is 0 Å². The number of amides is 1. The van der Waals surface area contributed by atoms with E-state index in [2.05, 4.69) is 41.9 Å². The first-order chi connectivity index (χ1) is 9.58. The lowest BCUT2D eigenvalue weighted by Crippen LogP contribution is -2.52. The SMILES string of the molecule is CCCN1CCC2(CC1)C(C#N)=C(S)NC(=O)[C@H]2C#N. The van der Waals surface area contributed by atoms with E-state index in [4.69, 9.17) is 0 Å². The molecule has 0 unspecified atom stereocenters. The predicted molar refractivity (Wildman–Crippen MR) is 77.3 cm³/mol. The first kappa shape index (κ1) is 14.9. The lowest BCUT2D eigenvalue weighted by atomic mass is 9.63. The highest BCUT2D eigenvalue weighted by molar-refractivity contribution is 7.84. The second-order valence-corrected chi connectivity index (χ2v) is 5.83. The Morgan fingerprint density at radius 1 is 1.45 bits per heavy atom. The molecule has 2 rings (SSSR count).